The van der Waals surface area contributed by atoms with Crippen molar-refractivity contribution in [2.45, 2.75) is 31.9 Å². The van der Waals surface area contributed by atoms with E-state index in [0.717, 1.165) is 50.7 Å². The number of guanidine groups is 1. The third-order valence-electron chi connectivity index (χ3n) is 3.47. The van der Waals surface area contributed by atoms with Gasteiger partial charge in [-0.2, -0.15) is 0 Å². The topological polar surface area (TPSA) is 67.8 Å². The van der Waals surface area contributed by atoms with Gasteiger partial charge in [0.25, 0.3) is 0 Å². The number of hydrogen-bond donors (Lipinski definition) is 2. The molecule has 0 amide bonds. The van der Waals surface area contributed by atoms with E-state index < -0.39 is 0 Å². The van der Waals surface area contributed by atoms with Crippen LogP contribution in [-0.4, -0.2) is 50.5 Å². The third kappa shape index (κ3) is 8.47. The number of aromatic nitrogens is 1. The van der Waals surface area contributed by atoms with Gasteiger partial charge in [0, 0.05) is 33.0 Å². The molecule has 0 spiro atoms. The van der Waals surface area contributed by atoms with E-state index in [1.165, 1.54) is 0 Å². The fraction of sp³-hybridized carbons (Fsp3) is 0.625. The van der Waals surface area contributed by atoms with Gasteiger partial charge in [0.05, 0.1) is 24.9 Å². The van der Waals surface area contributed by atoms with Crippen LogP contribution in [0.2, 0.25) is 0 Å². The number of halogens is 1. The number of hydrogen-bond acceptors (Lipinski definition) is 4. The van der Waals surface area contributed by atoms with Crippen molar-refractivity contribution in [3.8, 4) is 0 Å². The summed E-state index contributed by atoms with van der Waals surface area (Å²) >= 11 is 0. The Hall–Kier alpha value is -0.930. The maximum Gasteiger partial charge on any atom is 0.191 e. The van der Waals surface area contributed by atoms with Crippen LogP contribution in [0.1, 0.15) is 25.0 Å². The molecule has 2 rings (SSSR count). The minimum absolute atomic E-state index is 0. The Kier molecular flexibility index (Phi) is 10.9. The molecular formula is C16H27IN4O2. The summed E-state index contributed by atoms with van der Waals surface area (Å²) in [5, 5.41) is 6.50. The molecule has 1 aliphatic heterocycles. The van der Waals surface area contributed by atoms with Gasteiger partial charge in [-0.25, -0.2) is 0 Å². The predicted molar refractivity (Wildman–Crippen MR) is 102 cm³/mol. The molecule has 1 aromatic heterocycles. The van der Waals surface area contributed by atoms with E-state index in [4.69, 9.17) is 9.47 Å². The van der Waals surface area contributed by atoms with Crippen molar-refractivity contribution in [1.82, 2.24) is 15.6 Å². The van der Waals surface area contributed by atoms with Crippen LogP contribution in [0.15, 0.2) is 29.4 Å². The summed E-state index contributed by atoms with van der Waals surface area (Å²) < 4.78 is 11.1. The maximum atomic E-state index is 5.63. The summed E-state index contributed by atoms with van der Waals surface area (Å²) in [6.07, 6.45) is 5.33. The zero-order chi connectivity index (χ0) is 15.5. The van der Waals surface area contributed by atoms with Crippen LogP contribution in [0.3, 0.4) is 0 Å². The largest absolute Gasteiger partial charge is 0.379 e. The number of nitrogens with zero attached hydrogens (tertiary/aromatic N) is 2. The highest BCUT2D eigenvalue weighted by Crippen LogP contribution is 2.11. The first-order valence-corrected chi connectivity index (χ1v) is 7.92. The van der Waals surface area contributed by atoms with E-state index in [0.29, 0.717) is 19.3 Å². The lowest BCUT2D eigenvalue weighted by Gasteiger charge is -2.12. The van der Waals surface area contributed by atoms with Crippen LogP contribution in [0.4, 0.5) is 0 Å². The van der Waals surface area contributed by atoms with E-state index >= 15 is 0 Å². The van der Waals surface area contributed by atoms with Gasteiger partial charge < -0.3 is 20.1 Å². The molecule has 7 heteroatoms. The van der Waals surface area contributed by atoms with Crippen LogP contribution in [0.5, 0.6) is 0 Å². The van der Waals surface area contributed by atoms with Crippen LogP contribution in [-0.2, 0) is 16.0 Å². The van der Waals surface area contributed by atoms with Gasteiger partial charge in [0.1, 0.15) is 0 Å². The minimum Gasteiger partial charge on any atom is -0.379 e. The van der Waals surface area contributed by atoms with Gasteiger partial charge in [-0.05, 0) is 31.4 Å². The van der Waals surface area contributed by atoms with E-state index in [1.54, 1.807) is 13.2 Å². The zero-order valence-corrected chi connectivity index (χ0v) is 16.0. The zero-order valence-electron chi connectivity index (χ0n) is 13.7. The highest BCUT2D eigenvalue weighted by atomic mass is 127. The summed E-state index contributed by atoms with van der Waals surface area (Å²) in [7, 11) is 1.77. The molecule has 0 aromatic carbocycles. The molecule has 130 valence electrons. The van der Waals surface area contributed by atoms with E-state index in [2.05, 4.69) is 20.6 Å². The van der Waals surface area contributed by atoms with Crippen molar-refractivity contribution in [3.05, 3.63) is 30.1 Å². The average molecular weight is 434 g/mol. The standard InChI is InChI=1S/C16H26N4O2.HI/c1-17-16(20-12-14-6-2-3-8-18-14)19-9-5-10-21-13-15-7-4-11-22-15;/h2-3,6,8,15H,4-5,7,9-13H2,1H3,(H2,17,19,20);1H. The summed E-state index contributed by atoms with van der Waals surface area (Å²) in [6.45, 7) is 3.83. The van der Waals surface area contributed by atoms with E-state index in [9.17, 15) is 0 Å². The van der Waals surface area contributed by atoms with Crippen molar-refractivity contribution < 1.29 is 9.47 Å². The van der Waals surface area contributed by atoms with Crippen molar-refractivity contribution in [2.75, 3.05) is 33.4 Å². The maximum absolute atomic E-state index is 5.63. The van der Waals surface area contributed by atoms with Gasteiger partial charge in [-0.15, -0.1) is 24.0 Å². The smallest absolute Gasteiger partial charge is 0.191 e. The van der Waals surface area contributed by atoms with Crippen molar-refractivity contribution in [1.29, 1.82) is 0 Å². The molecule has 1 aromatic rings. The Bertz CT molecular complexity index is 439. The van der Waals surface area contributed by atoms with Crippen molar-refractivity contribution in [3.63, 3.8) is 0 Å². The number of ether oxygens (including phenoxy) is 2. The van der Waals surface area contributed by atoms with Gasteiger partial charge >= 0.3 is 0 Å². The molecule has 23 heavy (non-hydrogen) atoms. The predicted octanol–water partition coefficient (Wildman–Crippen LogP) is 1.95. The molecule has 1 saturated heterocycles. The Morgan fingerprint density at radius 3 is 3.04 bits per heavy atom. The van der Waals surface area contributed by atoms with Crippen LogP contribution >= 0.6 is 24.0 Å². The molecule has 6 nitrogen and oxygen atoms in total. The Morgan fingerprint density at radius 2 is 2.35 bits per heavy atom. The van der Waals surface area contributed by atoms with Crippen LogP contribution in [0, 0.1) is 0 Å². The Labute approximate surface area is 155 Å². The van der Waals surface area contributed by atoms with Crippen molar-refractivity contribution >= 4 is 29.9 Å². The molecule has 0 aliphatic carbocycles. The fourth-order valence-corrected chi connectivity index (χ4v) is 2.27. The molecule has 0 saturated carbocycles. The first-order chi connectivity index (χ1) is 10.9. The van der Waals surface area contributed by atoms with Crippen molar-refractivity contribution in [2.24, 2.45) is 4.99 Å². The number of nitrogens with one attached hydrogen (secondary N) is 2. The summed E-state index contributed by atoms with van der Waals surface area (Å²) in [5.74, 6) is 0.782. The molecule has 1 unspecified atom stereocenters. The highest BCUT2D eigenvalue weighted by molar-refractivity contribution is 14.0. The normalized spacial score (nSPS) is 17.6. The molecule has 1 atom stereocenters. The highest BCUT2D eigenvalue weighted by Gasteiger charge is 2.14. The second-order valence-corrected chi connectivity index (χ2v) is 5.24. The molecule has 2 heterocycles. The first kappa shape index (κ1) is 20.1. The lowest BCUT2D eigenvalue weighted by Crippen LogP contribution is -2.37. The SMILES string of the molecule is CN=C(NCCCOCC1CCCO1)NCc1ccccn1.I. The van der Waals surface area contributed by atoms with E-state index in [1.807, 2.05) is 18.2 Å². The molecule has 2 N–H and O–H groups in total. The number of rotatable bonds is 8. The third-order valence-corrected chi connectivity index (χ3v) is 3.47. The monoisotopic (exact) mass is 434 g/mol. The molecule has 0 radical (unpaired) electrons. The van der Waals surface area contributed by atoms with Gasteiger partial charge in [0.15, 0.2) is 5.96 Å². The number of aliphatic imine (C=N–C) groups is 1. The Morgan fingerprint density at radius 1 is 1.43 bits per heavy atom. The average Bonchev–Trinajstić information content (AvgIpc) is 3.08. The van der Waals surface area contributed by atoms with Gasteiger partial charge in [0.2, 0.25) is 0 Å². The number of pyridine rings is 1. The Balaban J connectivity index is 0.00000264. The summed E-state index contributed by atoms with van der Waals surface area (Å²) in [5.41, 5.74) is 0.991. The summed E-state index contributed by atoms with van der Waals surface area (Å²) in [6, 6.07) is 5.87. The van der Waals surface area contributed by atoms with Crippen LogP contribution in [0.25, 0.3) is 0 Å². The van der Waals surface area contributed by atoms with Gasteiger partial charge in [-0.3, -0.25) is 9.98 Å². The van der Waals surface area contributed by atoms with E-state index in [-0.39, 0.29) is 24.0 Å². The lowest BCUT2D eigenvalue weighted by molar-refractivity contribution is 0.0168. The lowest BCUT2D eigenvalue weighted by atomic mass is 10.2. The molecule has 1 aliphatic rings. The second kappa shape index (κ2) is 12.5. The minimum atomic E-state index is 0. The molecule has 1 fully saturated rings. The summed E-state index contributed by atoms with van der Waals surface area (Å²) in [4.78, 5) is 8.46. The fourth-order valence-electron chi connectivity index (χ4n) is 2.27. The van der Waals surface area contributed by atoms with Crippen LogP contribution < -0.4 is 10.6 Å². The molecule has 0 bridgehead atoms. The first-order valence-electron chi connectivity index (χ1n) is 7.92. The molecular weight excluding hydrogens is 407 g/mol. The second-order valence-electron chi connectivity index (χ2n) is 5.24. The quantitative estimate of drug-likeness (QED) is 0.284. The van der Waals surface area contributed by atoms with Gasteiger partial charge in [-0.1, -0.05) is 6.07 Å².